The lowest BCUT2D eigenvalue weighted by Gasteiger charge is -2.38. The Balaban J connectivity index is 1.10. The summed E-state index contributed by atoms with van der Waals surface area (Å²) >= 11 is 0. The molecule has 0 aromatic heterocycles. The number of carbonyl (C=O) groups excluding carboxylic acids is 2. The molecule has 2 aromatic rings. The molecule has 0 aliphatic heterocycles. The minimum Gasteiger partial charge on any atom is -0.480 e. The van der Waals surface area contributed by atoms with E-state index < -0.39 is 17.6 Å². The third-order valence-electron chi connectivity index (χ3n) is 6.94. The zero-order valence-electron chi connectivity index (χ0n) is 19.3. The fourth-order valence-corrected chi connectivity index (χ4v) is 4.86. The third-order valence-corrected chi connectivity index (χ3v) is 6.94. The first-order valence-corrected chi connectivity index (χ1v) is 12.1. The molecule has 2 amide bonds. The summed E-state index contributed by atoms with van der Waals surface area (Å²) in [5.41, 5.74) is 3.74. The molecule has 0 saturated heterocycles. The Morgan fingerprint density at radius 1 is 0.912 bits per heavy atom. The van der Waals surface area contributed by atoms with Crippen LogP contribution in [0.1, 0.15) is 68.4 Å². The highest BCUT2D eigenvalue weighted by atomic mass is 16.5. The van der Waals surface area contributed by atoms with Crippen LogP contribution >= 0.6 is 0 Å². The number of hydrogen-bond acceptors (Lipinski definition) is 4. The molecule has 0 unspecified atom stereocenters. The number of aliphatic carboxylic acids is 1. The van der Waals surface area contributed by atoms with E-state index in [1.165, 1.54) is 22.3 Å². The van der Waals surface area contributed by atoms with Gasteiger partial charge in [-0.25, -0.2) is 9.59 Å². The molecular weight excluding hydrogens is 432 g/mol. The Morgan fingerprint density at radius 3 is 2.12 bits per heavy atom. The smallest absolute Gasteiger partial charge is 0.407 e. The topological polar surface area (TPSA) is 105 Å². The summed E-state index contributed by atoms with van der Waals surface area (Å²) in [7, 11) is 0. The molecule has 4 rings (SSSR count). The minimum atomic E-state index is -1.04. The summed E-state index contributed by atoms with van der Waals surface area (Å²) in [6.07, 6.45) is 4.99. The average molecular weight is 465 g/mol. The lowest BCUT2D eigenvalue weighted by molar-refractivity contribution is -0.151. The van der Waals surface area contributed by atoms with Crippen LogP contribution in [0.3, 0.4) is 0 Å². The van der Waals surface area contributed by atoms with E-state index >= 15 is 0 Å². The molecule has 7 heteroatoms. The molecular formula is C27H32N2O5. The van der Waals surface area contributed by atoms with Crippen molar-refractivity contribution in [3.8, 4) is 11.1 Å². The van der Waals surface area contributed by atoms with Crippen molar-refractivity contribution in [1.29, 1.82) is 0 Å². The molecule has 1 fully saturated rings. The van der Waals surface area contributed by atoms with Crippen LogP contribution < -0.4 is 10.6 Å². The van der Waals surface area contributed by atoms with Gasteiger partial charge in [0.05, 0.1) is 0 Å². The standard InChI is InChI=1S/C27H32N2O5/c30-24(29-27(25(31)32)15-9-16-27)14-3-1-2-8-17-28-26(33)34-18-23-21-12-6-4-10-19(21)20-11-5-7-13-22(20)23/h4-7,10-13,23H,1-3,8-9,14-18H2,(H,28,33)(H,29,30)(H,31,32). The second kappa shape index (κ2) is 10.7. The van der Waals surface area contributed by atoms with Crippen molar-refractivity contribution in [1.82, 2.24) is 10.6 Å². The molecule has 0 heterocycles. The fourth-order valence-electron chi connectivity index (χ4n) is 4.86. The molecule has 34 heavy (non-hydrogen) atoms. The molecule has 0 bridgehead atoms. The molecule has 3 N–H and O–H groups in total. The first-order chi connectivity index (χ1) is 16.5. The molecule has 0 spiro atoms. The van der Waals surface area contributed by atoms with Crippen molar-refractivity contribution in [2.75, 3.05) is 13.2 Å². The number of carbonyl (C=O) groups is 3. The highest BCUT2D eigenvalue weighted by Crippen LogP contribution is 2.44. The number of amides is 2. The van der Waals surface area contributed by atoms with Crippen LogP contribution in [-0.2, 0) is 14.3 Å². The Hall–Kier alpha value is -3.35. The molecule has 0 atom stereocenters. The van der Waals surface area contributed by atoms with E-state index in [0.29, 0.717) is 38.8 Å². The van der Waals surface area contributed by atoms with Crippen LogP contribution in [-0.4, -0.2) is 41.8 Å². The van der Waals surface area contributed by atoms with E-state index in [1.54, 1.807) is 0 Å². The summed E-state index contributed by atoms with van der Waals surface area (Å²) in [5, 5.41) is 14.8. The highest BCUT2D eigenvalue weighted by Gasteiger charge is 2.45. The number of unbranched alkanes of at least 4 members (excludes halogenated alkanes) is 3. The molecule has 2 aliphatic rings. The molecule has 1 saturated carbocycles. The number of fused-ring (bicyclic) bond motifs is 3. The Morgan fingerprint density at radius 2 is 1.53 bits per heavy atom. The quantitative estimate of drug-likeness (QED) is 0.422. The van der Waals surface area contributed by atoms with Gasteiger partial charge in [-0.05, 0) is 54.4 Å². The maximum Gasteiger partial charge on any atom is 0.407 e. The number of rotatable bonds is 11. The van der Waals surface area contributed by atoms with Gasteiger partial charge >= 0.3 is 12.1 Å². The third kappa shape index (κ3) is 5.24. The van der Waals surface area contributed by atoms with Crippen LogP contribution in [0.2, 0.25) is 0 Å². The lowest BCUT2D eigenvalue weighted by Crippen LogP contribution is -2.59. The van der Waals surface area contributed by atoms with Crippen molar-refractivity contribution in [3.63, 3.8) is 0 Å². The van der Waals surface area contributed by atoms with Gasteiger partial charge in [-0.2, -0.15) is 0 Å². The van der Waals surface area contributed by atoms with Crippen LogP contribution in [0.4, 0.5) is 4.79 Å². The predicted octanol–water partition coefficient (Wildman–Crippen LogP) is 4.60. The lowest BCUT2D eigenvalue weighted by atomic mass is 9.76. The van der Waals surface area contributed by atoms with Gasteiger partial charge in [0.15, 0.2) is 0 Å². The molecule has 2 aromatic carbocycles. The van der Waals surface area contributed by atoms with Gasteiger partial charge in [0, 0.05) is 18.9 Å². The van der Waals surface area contributed by atoms with Crippen molar-refractivity contribution in [3.05, 3.63) is 59.7 Å². The normalized spacial score (nSPS) is 15.5. The zero-order valence-corrected chi connectivity index (χ0v) is 19.3. The first kappa shape index (κ1) is 23.8. The van der Waals surface area contributed by atoms with Crippen LogP contribution in [0.5, 0.6) is 0 Å². The molecule has 180 valence electrons. The van der Waals surface area contributed by atoms with E-state index in [2.05, 4.69) is 34.9 Å². The molecule has 2 aliphatic carbocycles. The molecule has 7 nitrogen and oxygen atoms in total. The SMILES string of the molecule is O=C(CCCCCCNC(=O)OCC1c2ccccc2-c2ccccc21)NC1(C(=O)O)CCC1. The van der Waals surface area contributed by atoms with Gasteiger partial charge in [-0.3, -0.25) is 4.79 Å². The van der Waals surface area contributed by atoms with Crippen LogP contribution in [0.15, 0.2) is 48.5 Å². The number of alkyl carbamates (subject to hydrolysis) is 1. The number of nitrogens with one attached hydrogen (secondary N) is 2. The summed E-state index contributed by atoms with van der Waals surface area (Å²) in [5.74, 6) is -1.09. The average Bonchev–Trinajstić information content (AvgIpc) is 3.13. The summed E-state index contributed by atoms with van der Waals surface area (Å²) < 4.78 is 5.53. The van der Waals surface area contributed by atoms with Crippen LogP contribution in [0, 0.1) is 0 Å². The van der Waals surface area contributed by atoms with Gasteiger partial charge < -0.3 is 20.5 Å². The molecule has 0 radical (unpaired) electrons. The Bertz CT molecular complexity index is 1000. The Labute approximate surface area is 199 Å². The number of hydrogen-bond donors (Lipinski definition) is 3. The minimum absolute atomic E-state index is 0.0458. The van der Waals surface area contributed by atoms with Crippen molar-refractivity contribution in [2.24, 2.45) is 0 Å². The van der Waals surface area contributed by atoms with E-state index in [-0.39, 0.29) is 11.8 Å². The fraction of sp³-hybridized carbons (Fsp3) is 0.444. The number of ether oxygens (including phenoxy) is 1. The van der Waals surface area contributed by atoms with E-state index in [4.69, 9.17) is 4.74 Å². The summed E-state index contributed by atoms with van der Waals surface area (Å²) in [6, 6.07) is 16.5. The number of carboxylic acids is 1. The largest absolute Gasteiger partial charge is 0.480 e. The predicted molar refractivity (Wildman–Crippen MR) is 129 cm³/mol. The van der Waals surface area contributed by atoms with Crippen molar-refractivity contribution in [2.45, 2.75) is 62.8 Å². The second-order valence-corrected chi connectivity index (χ2v) is 9.21. The van der Waals surface area contributed by atoms with Crippen molar-refractivity contribution < 1.29 is 24.2 Å². The number of carboxylic acid groups (broad SMARTS) is 1. The van der Waals surface area contributed by atoms with Crippen LogP contribution in [0.25, 0.3) is 11.1 Å². The van der Waals surface area contributed by atoms with E-state index in [0.717, 1.165) is 25.7 Å². The van der Waals surface area contributed by atoms with Gasteiger partial charge in [0.1, 0.15) is 12.1 Å². The summed E-state index contributed by atoms with van der Waals surface area (Å²) in [6.45, 7) is 0.817. The van der Waals surface area contributed by atoms with Crippen molar-refractivity contribution >= 4 is 18.0 Å². The van der Waals surface area contributed by atoms with E-state index in [1.807, 2.05) is 24.3 Å². The monoisotopic (exact) mass is 464 g/mol. The first-order valence-electron chi connectivity index (χ1n) is 12.1. The summed E-state index contributed by atoms with van der Waals surface area (Å²) in [4.78, 5) is 35.5. The Kier molecular flexibility index (Phi) is 7.50. The van der Waals surface area contributed by atoms with E-state index in [9.17, 15) is 19.5 Å². The van der Waals surface area contributed by atoms with Gasteiger partial charge in [-0.15, -0.1) is 0 Å². The maximum absolute atomic E-state index is 12.2. The zero-order chi connectivity index (χ0) is 24.0. The second-order valence-electron chi connectivity index (χ2n) is 9.21. The van der Waals surface area contributed by atoms with Gasteiger partial charge in [0.2, 0.25) is 5.91 Å². The van der Waals surface area contributed by atoms with Gasteiger partial charge in [-0.1, -0.05) is 61.4 Å². The van der Waals surface area contributed by atoms with Gasteiger partial charge in [0.25, 0.3) is 0 Å². The number of benzene rings is 2. The highest BCUT2D eigenvalue weighted by molar-refractivity contribution is 5.87. The maximum atomic E-state index is 12.2.